The van der Waals surface area contributed by atoms with Gasteiger partial charge < -0.3 is 14.2 Å². The SMILES string of the molecule is C[C@@H](O[Si](C)(C)C(C)(C)C)[C@H]1C(=O)N[C@@H]1CC(=O)c1cccc(O[Si](C)(C)C(C)(C)C)c1. The van der Waals surface area contributed by atoms with Crippen molar-refractivity contribution in [2.45, 2.75) is 103 Å². The zero-order valence-corrected chi connectivity index (χ0v) is 23.9. The molecule has 1 saturated heterocycles. The Morgan fingerprint density at radius 1 is 1.03 bits per heavy atom. The Labute approximate surface area is 196 Å². The van der Waals surface area contributed by atoms with Crippen molar-refractivity contribution in [3.63, 3.8) is 0 Å². The molecule has 5 nitrogen and oxygen atoms in total. The average Bonchev–Trinajstić information content (AvgIpc) is 2.58. The topological polar surface area (TPSA) is 64.6 Å². The normalized spacial score (nSPS) is 20.9. The molecule has 0 aromatic heterocycles. The fraction of sp³-hybridized carbons (Fsp3) is 0.680. The maximum atomic E-state index is 13.1. The molecule has 0 radical (unpaired) electrons. The van der Waals surface area contributed by atoms with Crippen LogP contribution in [0.2, 0.25) is 36.3 Å². The van der Waals surface area contributed by atoms with Gasteiger partial charge in [-0.3, -0.25) is 9.59 Å². The second kappa shape index (κ2) is 9.07. The number of carbonyl (C=O) groups excluding carboxylic acids is 2. The lowest BCUT2D eigenvalue weighted by molar-refractivity contribution is -0.139. The van der Waals surface area contributed by atoms with Gasteiger partial charge in [0.1, 0.15) is 5.75 Å². The van der Waals surface area contributed by atoms with Crippen molar-refractivity contribution in [3.8, 4) is 5.75 Å². The first-order valence-electron chi connectivity index (χ1n) is 11.7. The number of β-lactam (4-membered cyclic amide) rings is 1. The molecule has 0 bridgehead atoms. The molecule has 180 valence electrons. The van der Waals surface area contributed by atoms with Gasteiger partial charge in [0.25, 0.3) is 0 Å². The summed E-state index contributed by atoms with van der Waals surface area (Å²) in [4.78, 5) is 25.4. The van der Waals surface area contributed by atoms with Gasteiger partial charge in [0, 0.05) is 12.0 Å². The molecule has 1 aliphatic rings. The Morgan fingerprint density at radius 2 is 1.59 bits per heavy atom. The molecule has 1 amide bonds. The van der Waals surface area contributed by atoms with E-state index in [-0.39, 0.29) is 46.3 Å². The fourth-order valence-corrected chi connectivity index (χ4v) is 5.84. The number of benzene rings is 1. The van der Waals surface area contributed by atoms with E-state index in [0.29, 0.717) is 5.56 Å². The number of nitrogens with one attached hydrogen (secondary N) is 1. The average molecular weight is 478 g/mol. The molecule has 32 heavy (non-hydrogen) atoms. The van der Waals surface area contributed by atoms with Crippen molar-refractivity contribution in [2.75, 3.05) is 0 Å². The van der Waals surface area contributed by atoms with Crippen LogP contribution in [0.5, 0.6) is 5.75 Å². The van der Waals surface area contributed by atoms with Crippen molar-refractivity contribution >= 4 is 28.3 Å². The Bertz CT molecular complexity index is 852. The van der Waals surface area contributed by atoms with Crippen LogP contribution in [-0.4, -0.2) is 40.5 Å². The predicted molar refractivity (Wildman–Crippen MR) is 136 cm³/mol. The zero-order chi connectivity index (χ0) is 24.7. The van der Waals surface area contributed by atoms with Gasteiger partial charge in [-0.15, -0.1) is 0 Å². The van der Waals surface area contributed by atoms with Crippen LogP contribution in [0.25, 0.3) is 0 Å². The molecule has 7 heteroatoms. The Morgan fingerprint density at radius 3 is 2.09 bits per heavy atom. The first-order valence-corrected chi connectivity index (χ1v) is 17.5. The number of hydrogen-bond acceptors (Lipinski definition) is 4. The first kappa shape index (κ1) is 26.8. The third-order valence-corrected chi connectivity index (χ3v) is 16.5. The van der Waals surface area contributed by atoms with Crippen molar-refractivity contribution in [1.82, 2.24) is 5.32 Å². The minimum Gasteiger partial charge on any atom is -0.543 e. The van der Waals surface area contributed by atoms with Crippen molar-refractivity contribution in [1.29, 1.82) is 0 Å². The summed E-state index contributed by atoms with van der Waals surface area (Å²) in [6, 6.07) is 7.26. The summed E-state index contributed by atoms with van der Waals surface area (Å²) >= 11 is 0. The van der Waals surface area contributed by atoms with E-state index in [1.54, 1.807) is 0 Å². The molecular weight excluding hydrogens is 434 g/mol. The van der Waals surface area contributed by atoms with Gasteiger partial charge in [-0.05, 0) is 55.3 Å². The highest BCUT2D eigenvalue weighted by Crippen LogP contribution is 2.40. The Hall–Kier alpha value is -1.45. The molecule has 3 atom stereocenters. The van der Waals surface area contributed by atoms with E-state index in [1.165, 1.54) is 0 Å². The molecule has 1 aliphatic heterocycles. The van der Waals surface area contributed by atoms with E-state index in [1.807, 2.05) is 31.2 Å². The number of ketones is 1. The van der Waals surface area contributed by atoms with Gasteiger partial charge in [-0.1, -0.05) is 53.7 Å². The highest BCUT2D eigenvalue weighted by atomic mass is 28.4. The summed E-state index contributed by atoms with van der Waals surface area (Å²) in [5, 5.41) is 3.07. The standard InChI is InChI=1S/C25H43NO4Si2/c1-17(29-31(8,9)24(2,3)4)22-20(26-23(22)28)16-21(27)18-13-12-14-19(15-18)30-32(10,11)25(5,6)7/h12-15,17,20,22H,16H2,1-11H3,(H,26,28)/t17-,20-,22-/m1/s1. The summed E-state index contributed by atoms with van der Waals surface area (Å²) in [7, 11) is -3.99. The number of hydrogen-bond donors (Lipinski definition) is 1. The van der Waals surface area contributed by atoms with Crippen molar-refractivity contribution < 1.29 is 18.4 Å². The van der Waals surface area contributed by atoms with Gasteiger partial charge in [-0.2, -0.15) is 0 Å². The maximum absolute atomic E-state index is 13.1. The smallest absolute Gasteiger partial charge is 0.250 e. The lowest BCUT2D eigenvalue weighted by Gasteiger charge is -2.45. The van der Waals surface area contributed by atoms with Crippen LogP contribution in [-0.2, 0) is 9.22 Å². The highest BCUT2D eigenvalue weighted by molar-refractivity contribution is 6.75. The van der Waals surface area contributed by atoms with Gasteiger partial charge in [0.05, 0.1) is 18.1 Å². The predicted octanol–water partition coefficient (Wildman–Crippen LogP) is 6.17. The number of amides is 1. The van der Waals surface area contributed by atoms with Gasteiger partial charge >= 0.3 is 0 Å². The molecule has 2 rings (SSSR count). The summed E-state index contributed by atoms with van der Waals surface area (Å²) in [6.07, 6.45) is 0.0567. The third kappa shape index (κ3) is 5.91. The Balaban J connectivity index is 2.09. The lowest BCUT2D eigenvalue weighted by atomic mass is 9.82. The minimum atomic E-state index is -2.00. The molecule has 0 spiro atoms. The number of rotatable bonds is 8. The first-order chi connectivity index (χ1) is 14.4. The zero-order valence-electron chi connectivity index (χ0n) is 21.9. The van der Waals surface area contributed by atoms with E-state index in [2.05, 4.69) is 73.0 Å². The largest absolute Gasteiger partial charge is 0.543 e. The highest BCUT2D eigenvalue weighted by Gasteiger charge is 2.48. The summed E-state index contributed by atoms with van der Waals surface area (Å²) in [5.74, 6) is 0.440. The number of Topliss-reactive ketones (excluding diaryl/α,β-unsaturated/α-hetero) is 1. The van der Waals surface area contributed by atoms with Crippen molar-refractivity contribution in [2.24, 2.45) is 5.92 Å². The van der Waals surface area contributed by atoms with E-state index in [0.717, 1.165) is 5.75 Å². The van der Waals surface area contributed by atoms with Crippen molar-refractivity contribution in [3.05, 3.63) is 29.8 Å². The molecule has 1 heterocycles. The molecular formula is C25H43NO4Si2. The molecule has 0 unspecified atom stereocenters. The summed E-state index contributed by atoms with van der Waals surface area (Å²) in [5.41, 5.74) is 0.624. The minimum absolute atomic E-state index is 0.0141. The van der Waals surface area contributed by atoms with Gasteiger partial charge in [-0.25, -0.2) is 0 Å². The molecule has 0 saturated carbocycles. The Kier molecular flexibility index (Phi) is 7.59. The van der Waals surface area contributed by atoms with E-state index >= 15 is 0 Å². The van der Waals surface area contributed by atoms with E-state index < -0.39 is 16.6 Å². The molecule has 1 aromatic rings. The molecule has 0 aliphatic carbocycles. The molecule has 1 N–H and O–H groups in total. The van der Waals surface area contributed by atoms with Gasteiger partial charge in [0.15, 0.2) is 14.1 Å². The van der Waals surface area contributed by atoms with Crippen LogP contribution in [0, 0.1) is 5.92 Å². The molecule has 1 aromatic carbocycles. The van der Waals surface area contributed by atoms with Crippen LogP contribution in [0.4, 0.5) is 0 Å². The molecule has 1 fully saturated rings. The number of carbonyl (C=O) groups is 2. The third-order valence-electron chi connectivity index (χ3n) is 7.60. The fourth-order valence-electron chi connectivity index (χ4n) is 3.39. The summed E-state index contributed by atoms with van der Waals surface area (Å²) in [6.45, 7) is 23.9. The van der Waals surface area contributed by atoms with Crippen LogP contribution in [0.1, 0.15) is 65.2 Å². The second-order valence-corrected chi connectivity index (χ2v) is 21.7. The van der Waals surface area contributed by atoms with Crippen LogP contribution < -0.4 is 9.74 Å². The lowest BCUT2D eigenvalue weighted by Crippen LogP contribution is -2.64. The van der Waals surface area contributed by atoms with Gasteiger partial charge in [0.2, 0.25) is 14.2 Å². The quantitative estimate of drug-likeness (QED) is 0.276. The van der Waals surface area contributed by atoms with Crippen LogP contribution in [0.15, 0.2) is 24.3 Å². The second-order valence-electron chi connectivity index (χ2n) is 12.2. The van der Waals surface area contributed by atoms with E-state index in [9.17, 15) is 9.59 Å². The van der Waals surface area contributed by atoms with Crippen LogP contribution in [0.3, 0.4) is 0 Å². The maximum Gasteiger partial charge on any atom is 0.250 e. The summed E-state index contributed by atoms with van der Waals surface area (Å²) < 4.78 is 12.8. The van der Waals surface area contributed by atoms with E-state index in [4.69, 9.17) is 8.85 Å². The van der Waals surface area contributed by atoms with Crippen LogP contribution >= 0.6 is 0 Å². The monoisotopic (exact) mass is 477 g/mol.